The van der Waals surface area contributed by atoms with E-state index in [4.69, 9.17) is 16.3 Å². The van der Waals surface area contributed by atoms with E-state index in [-0.39, 0.29) is 5.91 Å². The monoisotopic (exact) mass is 270 g/mol. The lowest BCUT2D eigenvalue weighted by molar-refractivity contribution is -0.134. The van der Waals surface area contributed by atoms with Crippen molar-refractivity contribution in [1.82, 2.24) is 14.9 Å². The first-order chi connectivity index (χ1) is 8.77. The van der Waals surface area contributed by atoms with Crippen molar-refractivity contribution in [3.63, 3.8) is 0 Å². The number of anilines is 1. The summed E-state index contributed by atoms with van der Waals surface area (Å²) >= 11 is 5.84. The van der Waals surface area contributed by atoms with Crippen molar-refractivity contribution in [3.05, 3.63) is 17.5 Å². The zero-order valence-corrected chi connectivity index (χ0v) is 10.7. The molecule has 1 aromatic rings. The van der Waals surface area contributed by atoms with Gasteiger partial charge in [0.25, 0.3) is 0 Å². The van der Waals surface area contributed by atoms with Crippen LogP contribution in [0.4, 0.5) is 5.82 Å². The fourth-order valence-corrected chi connectivity index (χ4v) is 1.87. The van der Waals surface area contributed by atoms with E-state index in [1.54, 1.807) is 6.20 Å². The lowest BCUT2D eigenvalue weighted by atomic mass is 10.3. The van der Waals surface area contributed by atoms with E-state index in [0.29, 0.717) is 50.2 Å². The normalized spacial score (nSPS) is 15.5. The van der Waals surface area contributed by atoms with Gasteiger partial charge in [-0.25, -0.2) is 9.97 Å². The number of carbonyl (C=O) groups is 1. The van der Waals surface area contributed by atoms with Crippen molar-refractivity contribution >= 4 is 23.3 Å². The summed E-state index contributed by atoms with van der Waals surface area (Å²) in [5.41, 5.74) is 0. The number of aromatic nitrogens is 2. The zero-order valence-electron chi connectivity index (χ0n) is 9.93. The Balaban J connectivity index is 1.75. The molecule has 1 amide bonds. The Morgan fingerprint density at radius 1 is 1.39 bits per heavy atom. The fraction of sp³-hybridized carbons (Fsp3) is 0.545. The summed E-state index contributed by atoms with van der Waals surface area (Å²) in [5, 5.41) is 3.31. The summed E-state index contributed by atoms with van der Waals surface area (Å²) in [7, 11) is 0. The minimum absolute atomic E-state index is 0.116. The first-order valence-electron chi connectivity index (χ1n) is 5.83. The van der Waals surface area contributed by atoms with Gasteiger partial charge in [0.15, 0.2) is 11.0 Å². The van der Waals surface area contributed by atoms with Crippen LogP contribution in [0.5, 0.6) is 0 Å². The van der Waals surface area contributed by atoms with Crippen LogP contribution >= 0.6 is 11.6 Å². The van der Waals surface area contributed by atoms with Gasteiger partial charge in [0.2, 0.25) is 5.91 Å². The first-order valence-corrected chi connectivity index (χ1v) is 6.21. The summed E-state index contributed by atoms with van der Waals surface area (Å²) in [6, 6.07) is 0. The maximum absolute atomic E-state index is 11.8. The van der Waals surface area contributed by atoms with E-state index in [1.165, 1.54) is 6.20 Å². The van der Waals surface area contributed by atoms with Crippen LogP contribution in [0.25, 0.3) is 0 Å². The van der Waals surface area contributed by atoms with Crippen LogP contribution in [0, 0.1) is 0 Å². The van der Waals surface area contributed by atoms with Crippen molar-refractivity contribution < 1.29 is 9.53 Å². The first kappa shape index (κ1) is 13.0. The van der Waals surface area contributed by atoms with Gasteiger partial charge in [0, 0.05) is 38.4 Å². The molecular weight excluding hydrogens is 256 g/mol. The topological polar surface area (TPSA) is 67.4 Å². The highest BCUT2D eigenvalue weighted by atomic mass is 35.5. The number of rotatable bonds is 4. The molecule has 0 radical (unpaired) electrons. The van der Waals surface area contributed by atoms with Gasteiger partial charge in [-0.2, -0.15) is 0 Å². The van der Waals surface area contributed by atoms with Crippen molar-refractivity contribution in [3.8, 4) is 0 Å². The number of halogens is 1. The van der Waals surface area contributed by atoms with Gasteiger partial charge in [-0.1, -0.05) is 11.6 Å². The second kappa shape index (κ2) is 6.51. The summed E-state index contributed by atoms with van der Waals surface area (Å²) in [6.45, 7) is 3.08. The molecule has 1 saturated heterocycles. The van der Waals surface area contributed by atoms with Gasteiger partial charge in [0.1, 0.15) is 0 Å². The quantitative estimate of drug-likeness (QED) is 0.876. The molecule has 2 rings (SSSR count). The molecule has 0 unspecified atom stereocenters. The van der Waals surface area contributed by atoms with Gasteiger partial charge >= 0.3 is 0 Å². The Morgan fingerprint density at radius 2 is 2.11 bits per heavy atom. The van der Waals surface area contributed by atoms with E-state index in [1.807, 2.05) is 4.90 Å². The summed E-state index contributed by atoms with van der Waals surface area (Å²) < 4.78 is 5.19. The Kier molecular flexibility index (Phi) is 4.72. The van der Waals surface area contributed by atoms with Crippen LogP contribution in [0.3, 0.4) is 0 Å². The number of amides is 1. The highest BCUT2D eigenvalue weighted by Gasteiger charge is 2.16. The molecule has 1 aromatic heterocycles. The van der Waals surface area contributed by atoms with Crippen LogP contribution in [0.15, 0.2) is 12.4 Å². The molecule has 0 aromatic carbocycles. The second-order valence-corrected chi connectivity index (χ2v) is 4.22. The standard InChI is InChI=1S/C11H15ClN4O2/c12-10-11(15-4-3-13-10)14-2-1-9(17)16-5-7-18-8-6-16/h3-4H,1-2,5-8H2,(H,14,15). The zero-order chi connectivity index (χ0) is 12.8. The number of carbonyl (C=O) groups excluding carboxylic acids is 1. The largest absolute Gasteiger partial charge is 0.378 e. The van der Waals surface area contributed by atoms with E-state index in [9.17, 15) is 4.79 Å². The average molecular weight is 271 g/mol. The minimum atomic E-state index is 0.116. The Morgan fingerprint density at radius 3 is 2.83 bits per heavy atom. The van der Waals surface area contributed by atoms with Gasteiger partial charge in [-0.3, -0.25) is 4.79 Å². The van der Waals surface area contributed by atoms with Crippen LogP contribution < -0.4 is 5.32 Å². The summed E-state index contributed by atoms with van der Waals surface area (Å²) in [4.78, 5) is 21.6. The molecule has 1 fully saturated rings. The van der Waals surface area contributed by atoms with Crippen LogP contribution in [0.1, 0.15) is 6.42 Å². The molecule has 6 nitrogen and oxygen atoms in total. The third-order valence-corrected chi connectivity index (χ3v) is 2.93. The van der Waals surface area contributed by atoms with Crippen molar-refractivity contribution in [2.24, 2.45) is 0 Å². The number of hydrogen-bond donors (Lipinski definition) is 1. The molecule has 1 aliphatic heterocycles. The molecular formula is C11H15ClN4O2. The fourth-order valence-electron chi connectivity index (χ4n) is 1.70. The van der Waals surface area contributed by atoms with Crippen molar-refractivity contribution in [2.75, 3.05) is 38.2 Å². The van der Waals surface area contributed by atoms with Gasteiger partial charge in [-0.05, 0) is 0 Å². The van der Waals surface area contributed by atoms with Crippen molar-refractivity contribution in [1.29, 1.82) is 0 Å². The molecule has 0 saturated carbocycles. The number of nitrogens with one attached hydrogen (secondary N) is 1. The maximum atomic E-state index is 11.8. The maximum Gasteiger partial charge on any atom is 0.224 e. The smallest absolute Gasteiger partial charge is 0.224 e. The Bertz CT molecular complexity index is 410. The Hall–Kier alpha value is -1.40. The van der Waals surface area contributed by atoms with E-state index in [0.717, 1.165) is 0 Å². The molecule has 0 atom stereocenters. The molecule has 18 heavy (non-hydrogen) atoms. The van der Waals surface area contributed by atoms with Crippen LogP contribution in [-0.4, -0.2) is 53.6 Å². The molecule has 2 heterocycles. The molecule has 0 aliphatic carbocycles. The lowest BCUT2D eigenvalue weighted by Gasteiger charge is -2.26. The molecule has 0 spiro atoms. The average Bonchev–Trinajstić information content (AvgIpc) is 2.42. The molecule has 1 N–H and O–H groups in total. The lowest BCUT2D eigenvalue weighted by Crippen LogP contribution is -2.41. The molecule has 0 bridgehead atoms. The molecule has 98 valence electrons. The molecule has 1 aliphatic rings. The highest BCUT2D eigenvalue weighted by molar-refractivity contribution is 6.31. The number of ether oxygens (including phenoxy) is 1. The third-order valence-electron chi connectivity index (χ3n) is 2.65. The van der Waals surface area contributed by atoms with Gasteiger partial charge in [0.05, 0.1) is 13.2 Å². The van der Waals surface area contributed by atoms with Gasteiger partial charge in [-0.15, -0.1) is 0 Å². The molecule has 7 heteroatoms. The minimum Gasteiger partial charge on any atom is -0.378 e. The van der Waals surface area contributed by atoms with E-state index >= 15 is 0 Å². The Labute approximate surface area is 110 Å². The third kappa shape index (κ3) is 3.54. The number of nitrogens with zero attached hydrogens (tertiary/aromatic N) is 3. The number of hydrogen-bond acceptors (Lipinski definition) is 5. The second-order valence-electron chi connectivity index (χ2n) is 3.87. The van der Waals surface area contributed by atoms with Gasteiger partial charge < -0.3 is 15.0 Å². The predicted octanol–water partition coefficient (Wildman–Crippen LogP) is 0.791. The number of morpholine rings is 1. The summed E-state index contributed by atoms with van der Waals surface area (Å²) in [6.07, 6.45) is 3.48. The van der Waals surface area contributed by atoms with E-state index in [2.05, 4.69) is 15.3 Å². The SMILES string of the molecule is O=C(CCNc1nccnc1Cl)N1CCOCC1. The van der Waals surface area contributed by atoms with Crippen molar-refractivity contribution in [2.45, 2.75) is 6.42 Å². The van der Waals surface area contributed by atoms with E-state index < -0.39 is 0 Å². The predicted molar refractivity (Wildman–Crippen MR) is 67.5 cm³/mol. The highest BCUT2D eigenvalue weighted by Crippen LogP contribution is 2.13. The van der Waals surface area contributed by atoms with Crippen LogP contribution in [-0.2, 0) is 9.53 Å². The summed E-state index contributed by atoms with van der Waals surface area (Å²) in [5.74, 6) is 0.625. The van der Waals surface area contributed by atoms with Crippen LogP contribution in [0.2, 0.25) is 5.15 Å².